The third kappa shape index (κ3) is 1.30. The maximum absolute atomic E-state index is 13.8. The van der Waals surface area contributed by atoms with Gasteiger partial charge in [-0.05, 0) is 50.4 Å². The van der Waals surface area contributed by atoms with E-state index in [1.54, 1.807) is 0 Å². The van der Waals surface area contributed by atoms with E-state index in [1.807, 2.05) is 0 Å². The standard InChI is InChI=1S/C10H17F/c1-9-3-2-4-10(11,7-5-9)8-6-9/h2-8H2,1H3. The highest BCUT2D eigenvalue weighted by molar-refractivity contribution is 4.94. The number of hydrogen-bond donors (Lipinski definition) is 0. The summed E-state index contributed by atoms with van der Waals surface area (Å²) in [6, 6.07) is 0. The molecule has 0 atom stereocenters. The van der Waals surface area contributed by atoms with Gasteiger partial charge < -0.3 is 0 Å². The van der Waals surface area contributed by atoms with Crippen molar-refractivity contribution in [3.8, 4) is 0 Å². The van der Waals surface area contributed by atoms with E-state index in [4.69, 9.17) is 0 Å². The van der Waals surface area contributed by atoms with E-state index < -0.39 is 5.67 Å². The predicted octanol–water partition coefficient (Wildman–Crippen LogP) is 3.46. The summed E-state index contributed by atoms with van der Waals surface area (Å²) in [7, 11) is 0. The average Bonchev–Trinajstić information content (AvgIpc) is 2.18. The summed E-state index contributed by atoms with van der Waals surface area (Å²) in [5.74, 6) is 0. The first kappa shape index (κ1) is 7.57. The highest BCUT2D eigenvalue weighted by Gasteiger charge is 2.43. The Balaban J connectivity index is 2.17. The van der Waals surface area contributed by atoms with Crippen molar-refractivity contribution < 1.29 is 4.39 Å². The van der Waals surface area contributed by atoms with Crippen LogP contribution in [-0.2, 0) is 0 Å². The molecule has 0 aromatic heterocycles. The number of hydrogen-bond acceptors (Lipinski definition) is 0. The van der Waals surface area contributed by atoms with Gasteiger partial charge in [0.15, 0.2) is 0 Å². The van der Waals surface area contributed by atoms with E-state index >= 15 is 0 Å². The lowest BCUT2D eigenvalue weighted by Crippen LogP contribution is -2.30. The van der Waals surface area contributed by atoms with Crippen LogP contribution in [0.4, 0.5) is 4.39 Å². The average molecular weight is 156 g/mol. The molecule has 0 aliphatic heterocycles. The van der Waals surface area contributed by atoms with Gasteiger partial charge in [-0.3, -0.25) is 0 Å². The molecule has 0 nitrogen and oxygen atoms in total. The zero-order valence-electron chi connectivity index (χ0n) is 7.33. The second-order valence-electron chi connectivity index (χ2n) is 4.82. The van der Waals surface area contributed by atoms with Crippen LogP contribution < -0.4 is 0 Å². The summed E-state index contributed by atoms with van der Waals surface area (Å²) in [5.41, 5.74) is -0.248. The molecule has 11 heavy (non-hydrogen) atoms. The summed E-state index contributed by atoms with van der Waals surface area (Å²) in [6.07, 6.45) is 7.15. The molecule has 0 spiro atoms. The molecule has 0 aromatic rings. The quantitative estimate of drug-likeness (QED) is 0.504. The van der Waals surface area contributed by atoms with Crippen LogP contribution in [-0.4, -0.2) is 5.67 Å². The minimum absolute atomic E-state index is 0.506. The molecule has 3 rings (SSSR count). The monoisotopic (exact) mass is 156 g/mol. The molecule has 3 saturated carbocycles. The van der Waals surface area contributed by atoms with Gasteiger partial charge in [0.1, 0.15) is 5.67 Å². The lowest BCUT2D eigenvalue weighted by atomic mass is 9.72. The maximum atomic E-state index is 13.8. The van der Waals surface area contributed by atoms with Gasteiger partial charge in [0.25, 0.3) is 0 Å². The number of rotatable bonds is 0. The number of halogens is 1. The van der Waals surface area contributed by atoms with Gasteiger partial charge in [-0.15, -0.1) is 0 Å². The van der Waals surface area contributed by atoms with Crippen LogP contribution in [0, 0.1) is 5.41 Å². The normalized spacial score (nSPS) is 50.7. The summed E-state index contributed by atoms with van der Waals surface area (Å²) in [4.78, 5) is 0. The largest absolute Gasteiger partial charge is 0.244 e. The van der Waals surface area contributed by atoms with Gasteiger partial charge in [-0.25, -0.2) is 4.39 Å². The fourth-order valence-corrected chi connectivity index (χ4v) is 2.63. The summed E-state index contributed by atoms with van der Waals surface area (Å²) < 4.78 is 13.8. The molecule has 0 radical (unpaired) electrons. The number of fused-ring (bicyclic) bond motifs is 4. The zero-order chi connectivity index (χ0) is 7.95. The van der Waals surface area contributed by atoms with Crippen LogP contribution in [0.2, 0.25) is 0 Å². The first-order valence-electron chi connectivity index (χ1n) is 4.81. The van der Waals surface area contributed by atoms with Gasteiger partial charge in [0.05, 0.1) is 0 Å². The molecule has 64 valence electrons. The van der Waals surface area contributed by atoms with E-state index in [2.05, 4.69) is 6.92 Å². The molecule has 3 aliphatic carbocycles. The van der Waals surface area contributed by atoms with Crippen molar-refractivity contribution in [2.24, 2.45) is 5.41 Å². The van der Waals surface area contributed by atoms with Crippen LogP contribution >= 0.6 is 0 Å². The van der Waals surface area contributed by atoms with Gasteiger partial charge >= 0.3 is 0 Å². The molecule has 0 heterocycles. The van der Waals surface area contributed by atoms with Gasteiger partial charge in [-0.2, -0.15) is 0 Å². The highest BCUT2D eigenvalue weighted by atomic mass is 19.1. The third-order valence-corrected chi connectivity index (χ3v) is 3.76. The summed E-state index contributed by atoms with van der Waals surface area (Å²) in [5, 5.41) is 0. The SMILES string of the molecule is CC12CCCC(F)(CC1)CC2. The number of alkyl halides is 1. The lowest BCUT2D eigenvalue weighted by Gasteiger charge is -2.36. The van der Waals surface area contributed by atoms with E-state index in [0.29, 0.717) is 5.41 Å². The van der Waals surface area contributed by atoms with E-state index in [0.717, 1.165) is 38.5 Å². The Labute approximate surface area is 68.2 Å². The van der Waals surface area contributed by atoms with Crippen LogP contribution in [0.1, 0.15) is 51.9 Å². The van der Waals surface area contributed by atoms with Crippen LogP contribution in [0.5, 0.6) is 0 Å². The van der Waals surface area contributed by atoms with Crippen molar-refractivity contribution >= 4 is 0 Å². The fourth-order valence-electron chi connectivity index (χ4n) is 2.63. The first-order valence-corrected chi connectivity index (χ1v) is 4.81. The minimum Gasteiger partial charge on any atom is -0.244 e. The predicted molar refractivity (Wildman–Crippen MR) is 44.3 cm³/mol. The molecule has 3 aliphatic rings. The summed E-state index contributed by atoms with van der Waals surface area (Å²) >= 11 is 0. The van der Waals surface area contributed by atoms with Crippen molar-refractivity contribution in [1.82, 2.24) is 0 Å². The molecule has 0 aromatic carbocycles. The second kappa shape index (κ2) is 2.21. The van der Waals surface area contributed by atoms with E-state index in [-0.39, 0.29) is 0 Å². The van der Waals surface area contributed by atoms with Gasteiger partial charge in [0.2, 0.25) is 0 Å². The van der Waals surface area contributed by atoms with Crippen molar-refractivity contribution in [3.63, 3.8) is 0 Å². The summed E-state index contributed by atoms with van der Waals surface area (Å²) in [6.45, 7) is 2.33. The zero-order valence-corrected chi connectivity index (χ0v) is 7.33. The molecule has 0 N–H and O–H groups in total. The first-order chi connectivity index (χ1) is 5.12. The fraction of sp³-hybridized carbons (Fsp3) is 1.00. The molecule has 3 fully saturated rings. The molecule has 0 saturated heterocycles. The molecule has 0 amide bonds. The van der Waals surface area contributed by atoms with Crippen LogP contribution in [0.25, 0.3) is 0 Å². The minimum atomic E-state index is -0.754. The van der Waals surface area contributed by atoms with Crippen molar-refractivity contribution in [3.05, 3.63) is 0 Å². The van der Waals surface area contributed by atoms with Crippen molar-refractivity contribution in [1.29, 1.82) is 0 Å². The van der Waals surface area contributed by atoms with Crippen LogP contribution in [0.15, 0.2) is 0 Å². The van der Waals surface area contributed by atoms with Gasteiger partial charge in [0, 0.05) is 0 Å². The Morgan fingerprint density at radius 2 is 1.55 bits per heavy atom. The van der Waals surface area contributed by atoms with E-state index in [9.17, 15) is 4.39 Å². The topological polar surface area (TPSA) is 0 Å². The Bertz CT molecular complexity index is 136. The van der Waals surface area contributed by atoms with Gasteiger partial charge in [-0.1, -0.05) is 6.92 Å². The molecular formula is C10H17F. The Morgan fingerprint density at radius 1 is 0.909 bits per heavy atom. The van der Waals surface area contributed by atoms with Crippen molar-refractivity contribution in [2.75, 3.05) is 0 Å². The lowest BCUT2D eigenvalue weighted by molar-refractivity contribution is 0.0686. The van der Waals surface area contributed by atoms with Crippen molar-refractivity contribution in [2.45, 2.75) is 57.5 Å². The molecular weight excluding hydrogens is 139 g/mol. The Morgan fingerprint density at radius 3 is 2.18 bits per heavy atom. The van der Waals surface area contributed by atoms with E-state index in [1.165, 1.54) is 6.42 Å². The Kier molecular flexibility index (Phi) is 1.52. The second-order valence-corrected chi connectivity index (χ2v) is 4.82. The smallest absolute Gasteiger partial charge is 0.111 e. The highest BCUT2D eigenvalue weighted by Crippen LogP contribution is 2.50. The molecule has 1 heteroatoms. The van der Waals surface area contributed by atoms with Crippen LogP contribution in [0.3, 0.4) is 0 Å². The third-order valence-electron chi connectivity index (χ3n) is 3.76. The maximum Gasteiger partial charge on any atom is 0.111 e. The molecule has 0 unspecified atom stereocenters. The molecule has 2 bridgehead atoms. The Hall–Kier alpha value is -0.0700.